The number of nitriles is 1. The number of ether oxygens (including phenoxy) is 2. The van der Waals surface area contributed by atoms with Gasteiger partial charge < -0.3 is 19.9 Å². The molecule has 0 bridgehead atoms. The summed E-state index contributed by atoms with van der Waals surface area (Å²) in [5.41, 5.74) is 0.701. The minimum Gasteiger partial charge on any atom is -0.495 e. The maximum absolute atomic E-state index is 13.9. The van der Waals surface area contributed by atoms with E-state index in [0.717, 1.165) is 18.2 Å². The molecule has 0 aliphatic rings. The van der Waals surface area contributed by atoms with E-state index >= 15 is 0 Å². The molecule has 3 aromatic carbocycles. The highest BCUT2D eigenvalue weighted by molar-refractivity contribution is 7.89. The summed E-state index contributed by atoms with van der Waals surface area (Å²) in [4.78, 5) is 23.3. The van der Waals surface area contributed by atoms with Crippen LogP contribution >= 0.6 is 0 Å². The first-order valence-electron chi connectivity index (χ1n) is 12.9. The second kappa shape index (κ2) is 14.5. The number of sulfonamides is 1. The van der Waals surface area contributed by atoms with Gasteiger partial charge in [-0.2, -0.15) is 5.26 Å². The molecule has 0 heterocycles. The minimum atomic E-state index is -4.13. The molecule has 1 unspecified atom stereocenters. The number of nitrogens with zero attached hydrogens (tertiary/aromatic N) is 1. The highest BCUT2D eigenvalue weighted by Gasteiger charge is 2.21. The zero-order valence-electron chi connectivity index (χ0n) is 23.1. The summed E-state index contributed by atoms with van der Waals surface area (Å²) < 4.78 is 80.4. The number of rotatable bonds is 14. The van der Waals surface area contributed by atoms with Gasteiger partial charge in [0.1, 0.15) is 16.4 Å². The van der Waals surface area contributed by atoms with Gasteiger partial charge in [-0.3, -0.25) is 9.59 Å². The number of carboxylic acid groups (broad SMARTS) is 1. The molecule has 3 aromatic rings. The highest BCUT2D eigenvalue weighted by atomic mass is 32.2. The minimum absolute atomic E-state index is 0.0188. The van der Waals surface area contributed by atoms with Crippen molar-refractivity contribution in [2.75, 3.05) is 26.8 Å². The Morgan fingerprint density at radius 1 is 1.02 bits per heavy atom. The van der Waals surface area contributed by atoms with E-state index in [0.29, 0.717) is 5.56 Å². The van der Waals surface area contributed by atoms with E-state index in [4.69, 9.17) is 19.8 Å². The molecule has 0 aliphatic heterocycles. The molecule has 10 nitrogen and oxygen atoms in total. The highest BCUT2D eigenvalue weighted by Crippen LogP contribution is 2.30. The quantitative estimate of drug-likeness (QED) is 0.231. The number of amides is 1. The lowest BCUT2D eigenvalue weighted by molar-refractivity contribution is -0.141. The van der Waals surface area contributed by atoms with Crippen molar-refractivity contribution in [3.8, 4) is 28.7 Å². The first-order valence-corrected chi connectivity index (χ1v) is 14.4. The summed E-state index contributed by atoms with van der Waals surface area (Å²) in [5.74, 6) is -6.87. The van der Waals surface area contributed by atoms with Crippen LogP contribution in [0.25, 0.3) is 11.1 Å². The average molecular weight is 620 g/mol. The Balaban J connectivity index is 1.84. The fraction of sp³-hybridized carbons (Fsp3) is 0.276. The second-order valence-electron chi connectivity index (χ2n) is 9.24. The molecule has 228 valence electrons. The summed E-state index contributed by atoms with van der Waals surface area (Å²) in [6, 6.07) is 11.7. The third kappa shape index (κ3) is 8.46. The average Bonchev–Trinajstić information content (AvgIpc) is 2.98. The Morgan fingerprint density at radius 2 is 1.72 bits per heavy atom. The summed E-state index contributed by atoms with van der Waals surface area (Å²) in [6.45, 7) is 0.807. The number of hydrogen-bond donors (Lipinski definition) is 3. The molecule has 0 aliphatic carbocycles. The number of carbonyl (C=O) groups is 2. The van der Waals surface area contributed by atoms with Crippen molar-refractivity contribution in [1.29, 1.82) is 5.26 Å². The van der Waals surface area contributed by atoms with Gasteiger partial charge in [0, 0.05) is 13.1 Å². The molecular formula is C29H28F3N3O7S. The van der Waals surface area contributed by atoms with Gasteiger partial charge >= 0.3 is 5.97 Å². The van der Waals surface area contributed by atoms with Gasteiger partial charge in [0.15, 0.2) is 24.1 Å². The summed E-state index contributed by atoms with van der Waals surface area (Å²) in [7, 11) is -2.85. The van der Waals surface area contributed by atoms with Crippen LogP contribution in [0.4, 0.5) is 13.2 Å². The van der Waals surface area contributed by atoms with Crippen molar-refractivity contribution >= 4 is 21.9 Å². The van der Waals surface area contributed by atoms with Crippen molar-refractivity contribution in [2.24, 2.45) is 5.92 Å². The van der Waals surface area contributed by atoms with E-state index in [9.17, 15) is 31.2 Å². The molecule has 0 spiro atoms. The van der Waals surface area contributed by atoms with Gasteiger partial charge in [-0.1, -0.05) is 19.1 Å². The van der Waals surface area contributed by atoms with Gasteiger partial charge in [-0.15, -0.1) is 0 Å². The van der Waals surface area contributed by atoms with E-state index < -0.39 is 51.9 Å². The maximum Gasteiger partial charge on any atom is 0.308 e. The molecule has 0 radical (unpaired) electrons. The zero-order chi connectivity index (χ0) is 31.7. The largest absolute Gasteiger partial charge is 0.495 e. The molecule has 0 aromatic heterocycles. The molecule has 3 rings (SSSR count). The summed E-state index contributed by atoms with van der Waals surface area (Å²) in [5, 5.41) is 20.8. The summed E-state index contributed by atoms with van der Waals surface area (Å²) >= 11 is 0. The van der Waals surface area contributed by atoms with E-state index in [-0.39, 0.29) is 59.0 Å². The Morgan fingerprint density at radius 3 is 2.33 bits per heavy atom. The number of nitrogens with one attached hydrogen (secondary N) is 2. The third-order valence-electron chi connectivity index (χ3n) is 6.40. The smallest absolute Gasteiger partial charge is 0.308 e. The van der Waals surface area contributed by atoms with E-state index in [1.54, 1.807) is 6.92 Å². The molecule has 1 amide bonds. The number of halogens is 3. The molecule has 0 fully saturated rings. The van der Waals surface area contributed by atoms with Gasteiger partial charge in [-0.25, -0.2) is 26.3 Å². The molecule has 0 saturated heterocycles. The Labute approximate surface area is 246 Å². The van der Waals surface area contributed by atoms with Crippen molar-refractivity contribution in [3.05, 3.63) is 77.1 Å². The number of carboxylic acids is 1. The van der Waals surface area contributed by atoms with Gasteiger partial charge in [0.05, 0.1) is 24.7 Å². The van der Waals surface area contributed by atoms with E-state index in [1.165, 1.54) is 37.4 Å². The molecule has 0 saturated carbocycles. The lowest BCUT2D eigenvalue weighted by Crippen LogP contribution is -2.35. The third-order valence-corrected chi connectivity index (χ3v) is 7.88. The van der Waals surface area contributed by atoms with Crippen molar-refractivity contribution < 1.29 is 45.8 Å². The normalized spacial score (nSPS) is 11.8. The topological polar surface area (TPSA) is 155 Å². The van der Waals surface area contributed by atoms with Crippen LogP contribution in [-0.2, 0) is 26.0 Å². The standard InChI is InChI=1S/C29H28F3N3O7S/c1-3-18(29(37)38)15-34-27(36)16-42-25-13-20(21-11-22(30)28(32)23(31)12-21)6-5-19(25)8-9-35-43(39,40)26-10-17(14-33)4-7-24(26)41-2/h4-7,10-13,18,35H,3,8-9,15-16H2,1-2H3,(H,34,36)(H,37,38). The van der Waals surface area contributed by atoms with Crippen LogP contribution in [0.1, 0.15) is 24.5 Å². The van der Waals surface area contributed by atoms with Crippen LogP contribution in [0, 0.1) is 34.7 Å². The van der Waals surface area contributed by atoms with Gasteiger partial charge in [0.2, 0.25) is 10.0 Å². The van der Waals surface area contributed by atoms with Crippen LogP contribution in [-0.4, -0.2) is 52.2 Å². The van der Waals surface area contributed by atoms with Gasteiger partial charge in [0.25, 0.3) is 5.91 Å². The molecule has 1 atom stereocenters. The Bertz CT molecular complexity index is 1640. The van der Waals surface area contributed by atoms with Crippen molar-refractivity contribution in [2.45, 2.75) is 24.7 Å². The predicted octanol–water partition coefficient (Wildman–Crippen LogP) is 3.78. The van der Waals surface area contributed by atoms with Crippen LogP contribution in [0.3, 0.4) is 0 Å². The zero-order valence-corrected chi connectivity index (χ0v) is 23.9. The van der Waals surface area contributed by atoms with E-state index in [1.807, 2.05) is 6.07 Å². The fourth-order valence-electron chi connectivity index (χ4n) is 3.99. The number of aliphatic carboxylic acids is 1. The number of hydrogen-bond acceptors (Lipinski definition) is 7. The van der Waals surface area contributed by atoms with Crippen molar-refractivity contribution in [1.82, 2.24) is 10.0 Å². The SMILES string of the molecule is CCC(CNC(=O)COc1cc(-c2cc(F)c(F)c(F)c2)ccc1CCNS(=O)(=O)c1cc(C#N)ccc1OC)C(=O)O. The first-order chi connectivity index (χ1) is 20.4. The molecule has 14 heteroatoms. The first kappa shape index (κ1) is 32.9. The van der Waals surface area contributed by atoms with Crippen LogP contribution < -0.4 is 19.5 Å². The van der Waals surface area contributed by atoms with Crippen molar-refractivity contribution in [3.63, 3.8) is 0 Å². The summed E-state index contributed by atoms with van der Waals surface area (Å²) in [6.07, 6.45) is 0.315. The number of benzene rings is 3. The van der Waals surface area contributed by atoms with E-state index in [2.05, 4.69) is 10.0 Å². The second-order valence-corrected chi connectivity index (χ2v) is 11.0. The number of carbonyl (C=O) groups excluding carboxylic acids is 1. The molecule has 3 N–H and O–H groups in total. The van der Waals surface area contributed by atoms with Gasteiger partial charge in [-0.05, 0) is 65.9 Å². The maximum atomic E-state index is 13.9. The van der Waals surface area contributed by atoms with Crippen LogP contribution in [0.5, 0.6) is 11.5 Å². The Kier molecular flexibility index (Phi) is 11.1. The monoisotopic (exact) mass is 619 g/mol. The van der Waals surface area contributed by atoms with Crippen LogP contribution in [0.2, 0.25) is 0 Å². The fourth-order valence-corrected chi connectivity index (χ4v) is 5.21. The Hall–Kier alpha value is -4.61. The lowest BCUT2D eigenvalue weighted by atomic mass is 10.0. The molecule has 43 heavy (non-hydrogen) atoms. The van der Waals surface area contributed by atoms with Crippen LogP contribution in [0.15, 0.2) is 53.4 Å². The molecular weight excluding hydrogens is 591 g/mol. The predicted molar refractivity (Wildman–Crippen MR) is 148 cm³/mol. The number of methoxy groups -OCH3 is 1. The lowest BCUT2D eigenvalue weighted by Gasteiger charge is -2.16.